The highest BCUT2D eigenvalue weighted by Crippen LogP contribution is 2.21. The van der Waals surface area contributed by atoms with Gasteiger partial charge in [-0.1, -0.05) is 60.7 Å². The lowest BCUT2D eigenvalue weighted by Gasteiger charge is -2.10. The Morgan fingerprint density at radius 1 is 1.00 bits per heavy atom. The molecule has 0 radical (unpaired) electrons. The van der Waals surface area contributed by atoms with E-state index in [1.165, 1.54) is 0 Å². The molecule has 150 valence electrons. The summed E-state index contributed by atoms with van der Waals surface area (Å²) in [7, 11) is 0. The maximum absolute atomic E-state index is 12.7. The highest BCUT2D eigenvalue weighted by Gasteiger charge is 2.12. The maximum atomic E-state index is 12.7. The van der Waals surface area contributed by atoms with Crippen LogP contribution >= 0.6 is 0 Å². The minimum Gasteiger partial charge on any atom is -0.488 e. The fourth-order valence-electron chi connectivity index (χ4n) is 3.38. The molecule has 1 heterocycles. The van der Waals surface area contributed by atoms with Crippen LogP contribution < -0.4 is 10.2 Å². The van der Waals surface area contributed by atoms with E-state index in [2.05, 4.69) is 34.2 Å². The summed E-state index contributed by atoms with van der Waals surface area (Å²) in [5.41, 5.74) is 6.21. The van der Waals surface area contributed by atoms with Crippen LogP contribution in [0.3, 0.4) is 0 Å². The summed E-state index contributed by atoms with van der Waals surface area (Å²) in [6.07, 6.45) is 3.72. The molecule has 0 saturated heterocycles. The molecular weight excluding hydrogens is 374 g/mol. The van der Waals surface area contributed by atoms with Gasteiger partial charge in [0, 0.05) is 29.2 Å². The molecule has 5 nitrogen and oxygen atoms in total. The number of benzene rings is 3. The molecule has 0 bridgehead atoms. The van der Waals surface area contributed by atoms with Crippen molar-refractivity contribution < 1.29 is 9.53 Å². The highest BCUT2D eigenvalue weighted by atomic mass is 16.5. The Balaban J connectivity index is 1.47. The van der Waals surface area contributed by atoms with E-state index < -0.39 is 0 Å². The molecular formula is C25H23N3O2. The van der Waals surface area contributed by atoms with Crippen LogP contribution in [0.25, 0.3) is 10.9 Å². The van der Waals surface area contributed by atoms with Crippen molar-refractivity contribution in [1.82, 2.24) is 9.99 Å². The molecule has 1 aromatic heterocycles. The Morgan fingerprint density at radius 2 is 1.73 bits per heavy atom. The summed E-state index contributed by atoms with van der Waals surface area (Å²) in [4.78, 5) is 12.7. The summed E-state index contributed by atoms with van der Waals surface area (Å²) in [5.74, 6) is 0.214. The normalized spacial score (nSPS) is 11.1. The molecule has 1 N–H and O–H groups in total. The number of aryl methyl sites for hydroxylation is 1. The molecule has 4 aromatic rings. The summed E-state index contributed by atoms with van der Waals surface area (Å²) in [6, 6.07) is 25.2. The van der Waals surface area contributed by atoms with Gasteiger partial charge in [-0.15, -0.1) is 0 Å². The summed E-state index contributed by atoms with van der Waals surface area (Å²) in [5, 5.41) is 5.28. The van der Waals surface area contributed by atoms with Crippen molar-refractivity contribution in [2.75, 3.05) is 0 Å². The third-order valence-corrected chi connectivity index (χ3v) is 4.90. The second kappa shape index (κ2) is 9.09. The van der Waals surface area contributed by atoms with Gasteiger partial charge in [0.1, 0.15) is 12.4 Å². The van der Waals surface area contributed by atoms with Gasteiger partial charge in [0.05, 0.1) is 11.8 Å². The zero-order valence-corrected chi connectivity index (χ0v) is 16.8. The van der Waals surface area contributed by atoms with Gasteiger partial charge >= 0.3 is 0 Å². The van der Waals surface area contributed by atoms with E-state index in [4.69, 9.17) is 4.74 Å². The van der Waals surface area contributed by atoms with Crippen molar-refractivity contribution in [1.29, 1.82) is 0 Å². The number of aromatic nitrogens is 1. The number of ether oxygens (including phenoxy) is 1. The van der Waals surface area contributed by atoms with Crippen molar-refractivity contribution in [3.8, 4) is 5.75 Å². The van der Waals surface area contributed by atoms with Crippen molar-refractivity contribution in [3.05, 3.63) is 102 Å². The Hall–Kier alpha value is -3.86. The molecule has 1 amide bonds. The lowest BCUT2D eigenvalue weighted by Crippen LogP contribution is -2.18. The average Bonchev–Trinajstić information content (AvgIpc) is 3.16. The predicted molar refractivity (Wildman–Crippen MR) is 120 cm³/mol. The van der Waals surface area contributed by atoms with Gasteiger partial charge in [0.15, 0.2) is 0 Å². The fraction of sp³-hybridized carbons (Fsp3) is 0.120. The third-order valence-electron chi connectivity index (χ3n) is 4.90. The molecule has 0 atom stereocenters. The van der Waals surface area contributed by atoms with Crippen LogP contribution in [0.5, 0.6) is 5.75 Å². The monoisotopic (exact) mass is 397 g/mol. The zero-order valence-electron chi connectivity index (χ0n) is 16.8. The average molecular weight is 397 g/mol. The van der Waals surface area contributed by atoms with E-state index in [9.17, 15) is 4.79 Å². The number of rotatable bonds is 7. The molecule has 5 heteroatoms. The van der Waals surface area contributed by atoms with Crippen LogP contribution in [0, 0.1) is 0 Å². The first-order valence-electron chi connectivity index (χ1n) is 9.93. The largest absolute Gasteiger partial charge is 0.488 e. The smallest absolute Gasteiger partial charge is 0.275 e. The SMILES string of the molecule is CCn1cc(/C=N/NC(=O)c2ccccc2OCc2ccccc2)c2ccccc21. The van der Waals surface area contributed by atoms with Gasteiger partial charge in [-0.25, -0.2) is 5.43 Å². The van der Waals surface area contributed by atoms with E-state index in [0.29, 0.717) is 17.9 Å². The third kappa shape index (κ3) is 4.25. The first-order chi connectivity index (χ1) is 14.8. The van der Waals surface area contributed by atoms with Crippen molar-refractivity contribution >= 4 is 23.0 Å². The van der Waals surface area contributed by atoms with Crippen molar-refractivity contribution in [2.45, 2.75) is 20.1 Å². The van der Waals surface area contributed by atoms with Gasteiger partial charge in [-0.3, -0.25) is 4.79 Å². The van der Waals surface area contributed by atoms with E-state index in [1.54, 1.807) is 18.3 Å². The first-order valence-corrected chi connectivity index (χ1v) is 9.93. The molecule has 30 heavy (non-hydrogen) atoms. The van der Waals surface area contributed by atoms with Gasteiger partial charge < -0.3 is 9.30 Å². The molecule has 3 aromatic carbocycles. The lowest BCUT2D eigenvalue weighted by atomic mass is 10.2. The molecule has 0 spiro atoms. The predicted octanol–water partition coefficient (Wildman–Crippen LogP) is 5.00. The Bertz CT molecular complexity index is 1180. The molecule has 0 unspecified atom stereocenters. The number of carbonyl (C=O) groups is 1. The van der Waals surface area contributed by atoms with Crippen LogP contribution in [0.4, 0.5) is 0 Å². The second-order valence-electron chi connectivity index (χ2n) is 6.86. The van der Waals surface area contributed by atoms with Crippen LogP contribution in [0.15, 0.2) is 90.2 Å². The first kappa shape index (κ1) is 19.5. The number of nitrogens with one attached hydrogen (secondary N) is 1. The van der Waals surface area contributed by atoms with Crippen molar-refractivity contribution in [2.24, 2.45) is 5.10 Å². The molecule has 0 aliphatic carbocycles. The molecule has 0 aliphatic rings. The number of hydrogen-bond acceptors (Lipinski definition) is 3. The Morgan fingerprint density at radius 3 is 2.57 bits per heavy atom. The zero-order chi connectivity index (χ0) is 20.8. The summed E-state index contributed by atoms with van der Waals surface area (Å²) < 4.78 is 8.03. The van der Waals surface area contributed by atoms with Gasteiger partial charge in [0.2, 0.25) is 0 Å². The topological polar surface area (TPSA) is 55.6 Å². The minimum atomic E-state index is -0.311. The van der Waals surface area contributed by atoms with Crippen LogP contribution in [0.2, 0.25) is 0 Å². The molecule has 0 fully saturated rings. The molecule has 0 saturated carbocycles. The van der Waals surface area contributed by atoms with Gasteiger partial charge in [-0.05, 0) is 30.7 Å². The lowest BCUT2D eigenvalue weighted by molar-refractivity contribution is 0.0950. The highest BCUT2D eigenvalue weighted by molar-refractivity contribution is 6.01. The van der Waals surface area contributed by atoms with E-state index in [-0.39, 0.29) is 5.91 Å². The number of carbonyl (C=O) groups excluding carboxylic acids is 1. The van der Waals surface area contributed by atoms with E-state index in [1.807, 2.05) is 60.8 Å². The summed E-state index contributed by atoms with van der Waals surface area (Å²) >= 11 is 0. The van der Waals surface area contributed by atoms with Crippen LogP contribution in [0.1, 0.15) is 28.4 Å². The Kier molecular flexibility index (Phi) is 5.90. The number of fused-ring (bicyclic) bond motifs is 1. The Labute approximate surface area is 175 Å². The van der Waals surface area contributed by atoms with Crippen molar-refractivity contribution in [3.63, 3.8) is 0 Å². The maximum Gasteiger partial charge on any atom is 0.275 e. The number of hydrogen-bond donors (Lipinski definition) is 1. The fourth-order valence-corrected chi connectivity index (χ4v) is 3.38. The number of hydrazone groups is 1. The van der Waals surface area contributed by atoms with Crippen LogP contribution in [-0.2, 0) is 13.2 Å². The van der Waals surface area contributed by atoms with Crippen LogP contribution in [-0.4, -0.2) is 16.7 Å². The second-order valence-corrected chi connectivity index (χ2v) is 6.86. The summed E-state index contributed by atoms with van der Waals surface area (Å²) in [6.45, 7) is 3.36. The van der Waals surface area contributed by atoms with Gasteiger partial charge in [0.25, 0.3) is 5.91 Å². The van der Waals surface area contributed by atoms with E-state index in [0.717, 1.165) is 28.6 Å². The number of para-hydroxylation sites is 2. The van der Waals surface area contributed by atoms with E-state index >= 15 is 0 Å². The standard InChI is InChI=1S/C25H23N3O2/c1-2-28-17-20(21-12-6-8-14-23(21)28)16-26-27-25(29)22-13-7-9-15-24(22)30-18-19-10-4-3-5-11-19/h3-17H,2,18H2,1H3,(H,27,29)/b26-16+. The number of nitrogens with zero attached hydrogens (tertiary/aromatic N) is 2. The quantitative estimate of drug-likeness (QED) is 0.352. The minimum absolute atomic E-state index is 0.311. The molecule has 4 rings (SSSR count). The number of amides is 1. The molecule has 0 aliphatic heterocycles. The van der Waals surface area contributed by atoms with Gasteiger partial charge in [-0.2, -0.15) is 5.10 Å².